The Hall–Kier alpha value is -1.60. The molecule has 1 aromatic carbocycles. The molecule has 24 heavy (non-hydrogen) atoms. The lowest BCUT2D eigenvalue weighted by atomic mass is 10.2. The van der Waals surface area contributed by atoms with E-state index in [4.69, 9.17) is 0 Å². The first-order chi connectivity index (χ1) is 11.6. The molecule has 3 rings (SSSR count). The summed E-state index contributed by atoms with van der Waals surface area (Å²) in [6, 6.07) is 8.72. The maximum Gasteiger partial charge on any atom is 0.317 e. The van der Waals surface area contributed by atoms with Gasteiger partial charge in [-0.05, 0) is 31.4 Å². The van der Waals surface area contributed by atoms with Crippen molar-refractivity contribution in [1.29, 1.82) is 0 Å². The van der Waals surface area contributed by atoms with Crippen molar-refractivity contribution in [3.8, 4) is 0 Å². The summed E-state index contributed by atoms with van der Waals surface area (Å²) in [6.07, 6.45) is 5.11. The largest absolute Gasteiger partial charge is 0.335 e. The van der Waals surface area contributed by atoms with Gasteiger partial charge in [-0.3, -0.25) is 0 Å². The monoisotopic (exact) mass is 351 g/mol. The van der Waals surface area contributed by atoms with Crippen LogP contribution in [-0.4, -0.2) is 55.9 Å². The third-order valence-electron chi connectivity index (χ3n) is 4.81. The van der Waals surface area contributed by atoms with Crippen LogP contribution >= 0.6 is 0 Å². The van der Waals surface area contributed by atoms with Crippen LogP contribution in [0.1, 0.15) is 32.1 Å². The summed E-state index contributed by atoms with van der Waals surface area (Å²) < 4.78 is 26.9. The second-order valence-electron chi connectivity index (χ2n) is 6.49. The van der Waals surface area contributed by atoms with Gasteiger partial charge in [-0.1, -0.05) is 31.0 Å². The van der Waals surface area contributed by atoms with Gasteiger partial charge in [0.05, 0.1) is 4.90 Å². The molecule has 0 radical (unpaired) electrons. The molecule has 0 atom stereocenters. The van der Waals surface area contributed by atoms with E-state index in [1.807, 2.05) is 0 Å². The number of sulfonamides is 1. The minimum Gasteiger partial charge on any atom is -0.335 e. The molecule has 2 fully saturated rings. The van der Waals surface area contributed by atoms with Crippen molar-refractivity contribution >= 4 is 16.1 Å². The number of hydrogen-bond donors (Lipinski definition) is 1. The molecule has 1 saturated carbocycles. The number of nitrogens with zero attached hydrogens (tertiary/aromatic N) is 2. The Kier molecular flexibility index (Phi) is 5.40. The summed E-state index contributed by atoms with van der Waals surface area (Å²) in [4.78, 5) is 14.4. The molecule has 1 aromatic rings. The standard InChI is InChI=1S/C17H25N3O3S/c21-17(18-15-7-4-5-8-15)19-11-6-12-20(14-13-19)24(22,23)16-9-2-1-3-10-16/h1-3,9-10,15H,4-8,11-14H2,(H,18,21). The molecule has 6 nitrogen and oxygen atoms in total. The predicted molar refractivity (Wildman–Crippen MR) is 92.2 cm³/mol. The molecule has 1 aliphatic carbocycles. The maximum atomic E-state index is 12.7. The molecule has 1 saturated heterocycles. The third kappa shape index (κ3) is 3.89. The number of nitrogens with one attached hydrogen (secondary N) is 1. The van der Waals surface area contributed by atoms with Crippen molar-refractivity contribution in [3.63, 3.8) is 0 Å². The van der Waals surface area contributed by atoms with Gasteiger partial charge in [-0.15, -0.1) is 0 Å². The molecule has 0 spiro atoms. The lowest BCUT2D eigenvalue weighted by Crippen LogP contribution is -2.45. The second kappa shape index (κ2) is 7.53. The van der Waals surface area contributed by atoms with Crippen LogP contribution in [-0.2, 0) is 10.0 Å². The van der Waals surface area contributed by atoms with Crippen molar-refractivity contribution in [2.24, 2.45) is 0 Å². The minimum absolute atomic E-state index is 0.0548. The van der Waals surface area contributed by atoms with Crippen molar-refractivity contribution in [2.45, 2.75) is 43.0 Å². The van der Waals surface area contributed by atoms with E-state index in [1.54, 1.807) is 35.2 Å². The summed E-state index contributed by atoms with van der Waals surface area (Å²) >= 11 is 0. The van der Waals surface area contributed by atoms with Crippen LogP contribution < -0.4 is 5.32 Å². The van der Waals surface area contributed by atoms with Crippen molar-refractivity contribution in [2.75, 3.05) is 26.2 Å². The molecular formula is C17H25N3O3S. The number of amides is 2. The highest BCUT2D eigenvalue weighted by Gasteiger charge is 2.29. The average molecular weight is 351 g/mol. The summed E-state index contributed by atoms with van der Waals surface area (Å²) in [5, 5.41) is 3.08. The summed E-state index contributed by atoms with van der Waals surface area (Å²) in [5.74, 6) is 0. The van der Waals surface area contributed by atoms with Gasteiger partial charge >= 0.3 is 6.03 Å². The first kappa shape index (κ1) is 17.2. The molecule has 2 amide bonds. The summed E-state index contributed by atoms with van der Waals surface area (Å²) in [6.45, 7) is 1.82. The molecule has 2 aliphatic rings. The lowest BCUT2D eigenvalue weighted by molar-refractivity contribution is 0.196. The molecular weight excluding hydrogens is 326 g/mol. The third-order valence-corrected chi connectivity index (χ3v) is 6.72. The highest BCUT2D eigenvalue weighted by molar-refractivity contribution is 7.89. The highest BCUT2D eigenvalue weighted by Crippen LogP contribution is 2.19. The van der Waals surface area contributed by atoms with Gasteiger partial charge in [0.15, 0.2) is 0 Å². The average Bonchev–Trinajstić information content (AvgIpc) is 2.96. The van der Waals surface area contributed by atoms with Crippen LogP contribution in [0.2, 0.25) is 0 Å². The molecule has 0 aromatic heterocycles. The molecule has 1 aliphatic heterocycles. The Morgan fingerprint density at radius 2 is 1.67 bits per heavy atom. The molecule has 7 heteroatoms. The van der Waals surface area contributed by atoms with Crippen LogP contribution in [0.3, 0.4) is 0 Å². The molecule has 132 valence electrons. The van der Waals surface area contributed by atoms with E-state index in [2.05, 4.69) is 5.32 Å². The second-order valence-corrected chi connectivity index (χ2v) is 8.43. The number of carbonyl (C=O) groups excluding carboxylic acids is 1. The number of urea groups is 1. The quantitative estimate of drug-likeness (QED) is 0.906. The van der Waals surface area contributed by atoms with Crippen molar-refractivity contribution < 1.29 is 13.2 Å². The van der Waals surface area contributed by atoms with Crippen molar-refractivity contribution in [1.82, 2.24) is 14.5 Å². The van der Waals surface area contributed by atoms with Crippen LogP contribution in [0.5, 0.6) is 0 Å². The summed E-state index contributed by atoms with van der Waals surface area (Å²) in [5.41, 5.74) is 0. The number of rotatable bonds is 3. The van der Waals surface area contributed by atoms with E-state index in [0.29, 0.717) is 37.5 Å². The number of carbonyl (C=O) groups is 1. The Morgan fingerprint density at radius 1 is 0.958 bits per heavy atom. The first-order valence-electron chi connectivity index (χ1n) is 8.68. The van der Waals surface area contributed by atoms with Gasteiger partial charge in [0.2, 0.25) is 10.0 Å². The number of hydrogen-bond acceptors (Lipinski definition) is 3. The molecule has 1 N–H and O–H groups in total. The SMILES string of the molecule is O=C(NC1CCCC1)N1CCCN(S(=O)(=O)c2ccccc2)CC1. The number of benzene rings is 1. The van der Waals surface area contributed by atoms with Gasteiger partial charge in [-0.2, -0.15) is 4.31 Å². The van der Waals surface area contributed by atoms with Gasteiger partial charge in [-0.25, -0.2) is 13.2 Å². The van der Waals surface area contributed by atoms with Crippen LogP contribution in [0.15, 0.2) is 35.2 Å². The van der Waals surface area contributed by atoms with E-state index in [9.17, 15) is 13.2 Å². The predicted octanol–water partition coefficient (Wildman–Crippen LogP) is 2.04. The first-order valence-corrected chi connectivity index (χ1v) is 10.1. The van der Waals surface area contributed by atoms with E-state index >= 15 is 0 Å². The van der Waals surface area contributed by atoms with E-state index in [1.165, 1.54) is 17.1 Å². The Labute approximate surface area is 143 Å². The Balaban J connectivity index is 1.61. The fourth-order valence-corrected chi connectivity index (χ4v) is 4.91. The van der Waals surface area contributed by atoms with Gasteiger partial charge < -0.3 is 10.2 Å². The minimum atomic E-state index is -3.48. The molecule has 0 unspecified atom stereocenters. The molecule has 1 heterocycles. The van der Waals surface area contributed by atoms with Crippen LogP contribution in [0, 0.1) is 0 Å². The van der Waals surface area contributed by atoms with Gasteiger partial charge in [0.1, 0.15) is 0 Å². The van der Waals surface area contributed by atoms with Crippen LogP contribution in [0.4, 0.5) is 4.79 Å². The maximum absolute atomic E-state index is 12.7. The smallest absolute Gasteiger partial charge is 0.317 e. The van der Waals surface area contributed by atoms with E-state index in [0.717, 1.165) is 12.8 Å². The fourth-order valence-electron chi connectivity index (χ4n) is 3.41. The van der Waals surface area contributed by atoms with E-state index in [-0.39, 0.29) is 12.1 Å². The zero-order valence-corrected chi connectivity index (χ0v) is 14.7. The lowest BCUT2D eigenvalue weighted by Gasteiger charge is -2.24. The molecule has 0 bridgehead atoms. The van der Waals surface area contributed by atoms with Gasteiger partial charge in [0.25, 0.3) is 0 Å². The Bertz CT molecular complexity index is 657. The Morgan fingerprint density at radius 3 is 2.38 bits per heavy atom. The summed E-state index contributed by atoms with van der Waals surface area (Å²) in [7, 11) is -3.48. The van der Waals surface area contributed by atoms with E-state index < -0.39 is 10.0 Å². The van der Waals surface area contributed by atoms with Crippen molar-refractivity contribution in [3.05, 3.63) is 30.3 Å². The highest BCUT2D eigenvalue weighted by atomic mass is 32.2. The zero-order chi connectivity index (χ0) is 17.0. The normalized spacial score (nSPS) is 20.8. The topological polar surface area (TPSA) is 69.7 Å². The van der Waals surface area contributed by atoms with Crippen LogP contribution in [0.25, 0.3) is 0 Å². The fraction of sp³-hybridized carbons (Fsp3) is 0.588. The van der Waals surface area contributed by atoms with Gasteiger partial charge in [0, 0.05) is 32.2 Å². The zero-order valence-electron chi connectivity index (χ0n) is 13.9.